The van der Waals surface area contributed by atoms with Crippen LogP contribution in [0.1, 0.15) is 0 Å². The maximum Gasteiger partial charge on any atom is 0.129 e. The quantitative estimate of drug-likeness (QED) is 0.354. The standard InChI is InChI=1S/C7H6IN3O/c1-12-7-4-5(8)2-3-6(7)10-11-9/h2-4H,1H3. The average molecular weight is 275 g/mol. The van der Waals surface area contributed by atoms with Crippen molar-refractivity contribution in [3.63, 3.8) is 0 Å². The minimum Gasteiger partial charge on any atom is -0.496 e. The first-order chi connectivity index (χ1) is 5.77. The van der Waals surface area contributed by atoms with Crippen molar-refractivity contribution in [2.24, 2.45) is 5.11 Å². The summed E-state index contributed by atoms with van der Waals surface area (Å²) < 4.78 is 6.05. The molecular weight excluding hydrogens is 269 g/mol. The molecule has 0 N–H and O–H groups in total. The predicted molar refractivity (Wildman–Crippen MR) is 54.5 cm³/mol. The molecule has 4 nitrogen and oxygen atoms in total. The number of nitrogens with zero attached hydrogens (tertiary/aromatic N) is 3. The van der Waals surface area contributed by atoms with Gasteiger partial charge in [-0.05, 0) is 46.3 Å². The van der Waals surface area contributed by atoms with Gasteiger partial charge in [-0.2, -0.15) is 0 Å². The maximum atomic E-state index is 8.21. The summed E-state index contributed by atoms with van der Waals surface area (Å²) in [6.45, 7) is 0. The Balaban J connectivity index is 3.19. The number of rotatable bonds is 2. The first kappa shape index (κ1) is 9.15. The number of ether oxygens (including phenoxy) is 1. The molecule has 5 heteroatoms. The van der Waals surface area contributed by atoms with Crippen molar-refractivity contribution in [1.82, 2.24) is 0 Å². The largest absolute Gasteiger partial charge is 0.496 e. The van der Waals surface area contributed by atoms with Crippen LogP contribution in [0.25, 0.3) is 10.4 Å². The zero-order valence-corrected chi connectivity index (χ0v) is 8.52. The van der Waals surface area contributed by atoms with Gasteiger partial charge in [0.1, 0.15) is 5.75 Å². The third kappa shape index (κ3) is 2.02. The molecule has 1 aromatic rings. The molecule has 0 amide bonds. The average Bonchev–Trinajstić information content (AvgIpc) is 2.08. The lowest BCUT2D eigenvalue weighted by atomic mass is 10.3. The Kier molecular flexibility index (Phi) is 3.19. The highest BCUT2D eigenvalue weighted by Crippen LogP contribution is 2.28. The number of benzene rings is 1. The van der Waals surface area contributed by atoms with E-state index in [1.54, 1.807) is 13.2 Å². The van der Waals surface area contributed by atoms with Gasteiger partial charge in [0.05, 0.1) is 12.8 Å². The predicted octanol–water partition coefficient (Wildman–Crippen LogP) is 3.24. The van der Waals surface area contributed by atoms with E-state index in [9.17, 15) is 0 Å². The van der Waals surface area contributed by atoms with Crippen LogP contribution in [0.2, 0.25) is 0 Å². The molecule has 0 spiro atoms. The van der Waals surface area contributed by atoms with Gasteiger partial charge in [-0.25, -0.2) is 0 Å². The van der Waals surface area contributed by atoms with Gasteiger partial charge in [0.2, 0.25) is 0 Å². The topological polar surface area (TPSA) is 58.0 Å². The molecule has 0 heterocycles. The fraction of sp³-hybridized carbons (Fsp3) is 0.143. The van der Waals surface area contributed by atoms with Crippen molar-refractivity contribution >= 4 is 28.3 Å². The van der Waals surface area contributed by atoms with E-state index in [4.69, 9.17) is 10.3 Å². The first-order valence-electron chi connectivity index (χ1n) is 3.16. The van der Waals surface area contributed by atoms with Gasteiger partial charge < -0.3 is 4.74 Å². The van der Waals surface area contributed by atoms with Gasteiger partial charge in [0.25, 0.3) is 0 Å². The van der Waals surface area contributed by atoms with Crippen LogP contribution < -0.4 is 4.74 Å². The minimum absolute atomic E-state index is 0.514. The summed E-state index contributed by atoms with van der Waals surface area (Å²) in [5.74, 6) is 0.597. The number of methoxy groups -OCH3 is 1. The molecule has 0 unspecified atom stereocenters. The van der Waals surface area contributed by atoms with Crippen molar-refractivity contribution in [2.45, 2.75) is 0 Å². The lowest BCUT2D eigenvalue weighted by Gasteiger charge is -2.02. The van der Waals surface area contributed by atoms with Crippen LogP contribution in [0.3, 0.4) is 0 Å². The van der Waals surface area contributed by atoms with E-state index in [1.807, 2.05) is 12.1 Å². The third-order valence-corrected chi connectivity index (χ3v) is 1.97. The molecular formula is C7H6IN3O. The Morgan fingerprint density at radius 3 is 2.92 bits per heavy atom. The van der Waals surface area contributed by atoms with E-state index >= 15 is 0 Å². The molecule has 0 bridgehead atoms. The molecule has 0 saturated carbocycles. The Labute approximate surface area is 83.3 Å². The fourth-order valence-corrected chi connectivity index (χ4v) is 1.24. The number of halogens is 1. The third-order valence-electron chi connectivity index (χ3n) is 1.29. The summed E-state index contributed by atoms with van der Waals surface area (Å²) >= 11 is 2.16. The second-order valence-electron chi connectivity index (χ2n) is 2.01. The lowest BCUT2D eigenvalue weighted by molar-refractivity contribution is 0.416. The van der Waals surface area contributed by atoms with Gasteiger partial charge in [-0.15, -0.1) is 0 Å². The van der Waals surface area contributed by atoms with Crippen LogP contribution in [0.15, 0.2) is 23.3 Å². The van der Waals surface area contributed by atoms with Crippen LogP contribution in [0, 0.1) is 3.57 Å². The van der Waals surface area contributed by atoms with Gasteiger partial charge in [0, 0.05) is 8.48 Å². The van der Waals surface area contributed by atoms with Crippen molar-refractivity contribution in [2.75, 3.05) is 7.11 Å². The number of azide groups is 1. The van der Waals surface area contributed by atoms with Crippen molar-refractivity contribution < 1.29 is 4.74 Å². The van der Waals surface area contributed by atoms with Crippen LogP contribution in [-0.4, -0.2) is 7.11 Å². The van der Waals surface area contributed by atoms with Crippen LogP contribution in [0.5, 0.6) is 5.75 Å². The smallest absolute Gasteiger partial charge is 0.129 e. The number of hydrogen-bond donors (Lipinski definition) is 0. The SMILES string of the molecule is COc1cc(I)ccc1N=[N+]=[N-]. The Hall–Kier alpha value is -0.940. The Bertz CT molecular complexity index is 333. The summed E-state index contributed by atoms with van der Waals surface area (Å²) in [7, 11) is 1.54. The molecule has 0 fully saturated rings. The number of hydrogen-bond acceptors (Lipinski definition) is 2. The summed E-state index contributed by atoms with van der Waals surface area (Å²) in [6.07, 6.45) is 0. The van der Waals surface area contributed by atoms with E-state index < -0.39 is 0 Å². The summed E-state index contributed by atoms with van der Waals surface area (Å²) in [5.41, 5.74) is 8.72. The molecule has 0 atom stereocenters. The highest BCUT2D eigenvalue weighted by molar-refractivity contribution is 14.1. The van der Waals surface area contributed by atoms with Gasteiger partial charge >= 0.3 is 0 Å². The zero-order chi connectivity index (χ0) is 8.97. The molecule has 62 valence electrons. The van der Waals surface area contributed by atoms with Gasteiger partial charge in [0.15, 0.2) is 0 Å². The first-order valence-corrected chi connectivity index (χ1v) is 4.24. The summed E-state index contributed by atoms with van der Waals surface area (Å²) in [6, 6.07) is 5.39. The van der Waals surface area contributed by atoms with Crippen LogP contribution >= 0.6 is 22.6 Å². The van der Waals surface area contributed by atoms with E-state index in [2.05, 4.69) is 32.6 Å². The van der Waals surface area contributed by atoms with Crippen molar-refractivity contribution in [3.05, 3.63) is 32.2 Å². The zero-order valence-electron chi connectivity index (χ0n) is 6.36. The second-order valence-corrected chi connectivity index (χ2v) is 3.25. The molecule has 0 aliphatic heterocycles. The molecule has 0 radical (unpaired) electrons. The molecule has 0 aromatic heterocycles. The fourth-order valence-electron chi connectivity index (χ4n) is 0.782. The molecule has 0 aliphatic carbocycles. The monoisotopic (exact) mass is 275 g/mol. The molecule has 0 saturated heterocycles. The molecule has 1 rings (SSSR count). The Morgan fingerprint density at radius 2 is 2.33 bits per heavy atom. The molecule has 1 aromatic carbocycles. The van der Waals surface area contributed by atoms with Crippen molar-refractivity contribution in [1.29, 1.82) is 0 Å². The highest BCUT2D eigenvalue weighted by atomic mass is 127. The second kappa shape index (κ2) is 4.18. The minimum atomic E-state index is 0.514. The maximum absolute atomic E-state index is 8.21. The highest BCUT2D eigenvalue weighted by Gasteiger charge is 1.99. The van der Waals surface area contributed by atoms with E-state index in [0.29, 0.717) is 11.4 Å². The lowest BCUT2D eigenvalue weighted by Crippen LogP contribution is -1.83. The normalized spacial score (nSPS) is 8.83. The summed E-state index contributed by atoms with van der Waals surface area (Å²) in [5, 5.41) is 3.47. The van der Waals surface area contributed by atoms with Crippen LogP contribution in [-0.2, 0) is 0 Å². The van der Waals surface area contributed by atoms with Gasteiger partial charge in [-0.1, -0.05) is 5.11 Å². The van der Waals surface area contributed by atoms with E-state index in [0.717, 1.165) is 3.57 Å². The van der Waals surface area contributed by atoms with Crippen LogP contribution in [0.4, 0.5) is 5.69 Å². The van der Waals surface area contributed by atoms with E-state index in [-0.39, 0.29) is 0 Å². The van der Waals surface area contributed by atoms with E-state index in [1.165, 1.54) is 0 Å². The summed E-state index contributed by atoms with van der Waals surface area (Å²) in [4.78, 5) is 2.69. The van der Waals surface area contributed by atoms with Gasteiger partial charge in [-0.3, -0.25) is 0 Å². The van der Waals surface area contributed by atoms with Crippen molar-refractivity contribution in [3.8, 4) is 5.75 Å². The molecule has 12 heavy (non-hydrogen) atoms. The molecule has 0 aliphatic rings. The Morgan fingerprint density at radius 1 is 1.58 bits per heavy atom.